The third-order valence-corrected chi connectivity index (χ3v) is 3.99. The van der Waals surface area contributed by atoms with Crippen LogP contribution in [0.25, 0.3) is 0 Å². The summed E-state index contributed by atoms with van der Waals surface area (Å²) in [5.74, 6) is 0.495. The van der Waals surface area contributed by atoms with E-state index < -0.39 is 10.8 Å². The van der Waals surface area contributed by atoms with Gasteiger partial charge in [0.2, 0.25) is 0 Å². The fraction of sp³-hybridized carbons (Fsp3) is 0.263. The topological polar surface area (TPSA) is 103 Å². The number of benzene rings is 2. The molecule has 2 aromatic rings. The maximum Gasteiger partial charge on any atom is 0.288 e. The lowest BCUT2D eigenvalue weighted by atomic mass is 10.1. The fourth-order valence-corrected chi connectivity index (χ4v) is 2.49. The lowest BCUT2D eigenvalue weighted by molar-refractivity contribution is -0.384. The molecule has 8 nitrogen and oxygen atoms in total. The molecule has 0 aromatic heterocycles. The predicted octanol–water partition coefficient (Wildman–Crippen LogP) is 4.20. The number of nitrogens with one attached hydrogen (secondary N) is 1. The minimum atomic E-state index is -0.579. The van der Waals surface area contributed by atoms with Gasteiger partial charge in [0.25, 0.3) is 11.6 Å². The maximum atomic E-state index is 12.4. The van der Waals surface area contributed by atoms with E-state index in [2.05, 4.69) is 10.5 Å². The van der Waals surface area contributed by atoms with E-state index in [4.69, 9.17) is 21.1 Å². The summed E-state index contributed by atoms with van der Waals surface area (Å²) in [6.45, 7) is 5.39. The van der Waals surface area contributed by atoms with Crippen molar-refractivity contribution in [3.05, 3.63) is 62.7 Å². The highest BCUT2D eigenvalue weighted by Gasteiger charge is 2.15. The number of hydrogen-bond acceptors (Lipinski definition) is 6. The molecule has 0 aliphatic rings. The van der Waals surface area contributed by atoms with Crippen LogP contribution in [0.4, 0.5) is 5.69 Å². The monoisotopic (exact) mass is 405 g/mol. The third kappa shape index (κ3) is 5.20. The Kier molecular flexibility index (Phi) is 6.94. The number of hydrazone groups is 1. The van der Waals surface area contributed by atoms with Crippen LogP contribution in [0.15, 0.2) is 41.5 Å². The first-order valence-corrected chi connectivity index (χ1v) is 8.74. The van der Waals surface area contributed by atoms with Crippen molar-refractivity contribution >= 4 is 28.9 Å². The van der Waals surface area contributed by atoms with Crippen molar-refractivity contribution in [2.24, 2.45) is 5.10 Å². The van der Waals surface area contributed by atoms with Crippen molar-refractivity contribution in [1.82, 2.24) is 5.43 Å². The van der Waals surface area contributed by atoms with Crippen LogP contribution in [0.5, 0.6) is 11.5 Å². The molecule has 0 unspecified atom stereocenters. The van der Waals surface area contributed by atoms with Gasteiger partial charge >= 0.3 is 0 Å². The Morgan fingerprint density at radius 1 is 1.18 bits per heavy atom. The molecule has 0 heterocycles. The standard InChI is InChI=1S/C19H20ClN3O5/c1-11(2)28-17-8-6-14(10-18(17)27-4)19(24)22-21-12(3)13-5-7-15(20)16(9-13)23(25)26/h5-11H,1-4H3,(H,22,24)/b21-12+. The molecule has 0 bridgehead atoms. The molecule has 148 valence electrons. The normalized spacial score (nSPS) is 11.3. The summed E-state index contributed by atoms with van der Waals surface area (Å²) in [7, 11) is 1.49. The number of halogens is 1. The molecule has 1 amide bonds. The summed E-state index contributed by atoms with van der Waals surface area (Å²) in [5.41, 5.74) is 3.37. The number of ether oxygens (including phenoxy) is 2. The Morgan fingerprint density at radius 3 is 2.46 bits per heavy atom. The molecule has 0 saturated carbocycles. The highest BCUT2D eigenvalue weighted by molar-refractivity contribution is 6.32. The van der Waals surface area contributed by atoms with Crippen molar-refractivity contribution in [2.45, 2.75) is 26.9 Å². The van der Waals surface area contributed by atoms with Gasteiger partial charge in [0.1, 0.15) is 5.02 Å². The minimum absolute atomic E-state index is 0.0291. The van der Waals surface area contributed by atoms with Crippen LogP contribution in [0, 0.1) is 10.1 Å². The molecule has 0 radical (unpaired) electrons. The molecule has 0 aliphatic carbocycles. The number of rotatable bonds is 7. The highest BCUT2D eigenvalue weighted by atomic mass is 35.5. The lowest BCUT2D eigenvalue weighted by Crippen LogP contribution is -2.19. The van der Waals surface area contributed by atoms with Gasteiger partial charge in [-0.3, -0.25) is 14.9 Å². The number of carbonyl (C=O) groups excluding carboxylic acids is 1. The molecule has 0 fully saturated rings. The Balaban J connectivity index is 2.18. The zero-order chi connectivity index (χ0) is 20.8. The van der Waals surface area contributed by atoms with E-state index in [1.165, 1.54) is 19.2 Å². The van der Waals surface area contributed by atoms with Gasteiger partial charge in [0, 0.05) is 17.2 Å². The van der Waals surface area contributed by atoms with Crippen LogP contribution >= 0.6 is 11.6 Å². The fourth-order valence-electron chi connectivity index (χ4n) is 2.30. The van der Waals surface area contributed by atoms with E-state index in [0.717, 1.165) is 0 Å². The van der Waals surface area contributed by atoms with Gasteiger partial charge in [-0.1, -0.05) is 17.7 Å². The second-order valence-electron chi connectivity index (χ2n) is 6.09. The first-order valence-electron chi connectivity index (χ1n) is 8.36. The molecule has 1 N–H and O–H groups in total. The second kappa shape index (κ2) is 9.18. The predicted molar refractivity (Wildman–Crippen MR) is 107 cm³/mol. The van der Waals surface area contributed by atoms with Crippen molar-refractivity contribution < 1.29 is 19.2 Å². The Labute approximate surface area is 167 Å². The van der Waals surface area contributed by atoms with Crippen LogP contribution in [-0.2, 0) is 0 Å². The number of carbonyl (C=O) groups is 1. The van der Waals surface area contributed by atoms with Crippen LogP contribution in [0.2, 0.25) is 5.02 Å². The van der Waals surface area contributed by atoms with Crippen LogP contribution in [0.3, 0.4) is 0 Å². The molecule has 9 heteroatoms. The Hall–Kier alpha value is -3.13. The van der Waals surface area contributed by atoms with Crippen molar-refractivity contribution in [3.8, 4) is 11.5 Å². The van der Waals surface area contributed by atoms with E-state index in [0.29, 0.717) is 28.3 Å². The number of nitrogens with zero attached hydrogens (tertiary/aromatic N) is 2. The van der Waals surface area contributed by atoms with Gasteiger partial charge < -0.3 is 9.47 Å². The highest BCUT2D eigenvalue weighted by Crippen LogP contribution is 2.29. The van der Waals surface area contributed by atoms with Gasteiger partial charge in [-0.05, 0) is 45.0 Å². The van der Waals surface area contributed by atoms with Gasteiger partial charge in [-0.25, -0.2) is 5.43 Å². The lowest BCUT2D eigenvalue weighted by Gasteiger charge is -2.14. The molecular formula is C19H20ClN3O5. The average molecular weight is 406 g/mol. The van der Waals surface area contributed by atoms with Crippen LogP contribution < -0.4 is 14.9 Å². The van der Waals surface area contributed by atoms with E-state index in [1.807, 2.05) is 13.8 Å². The number of hydrogen-bond donors (Lipinski definition) is 1. The minimum Gasteiger partial charge on any atom is -0.493 e. The number of methoxy groups -OCH3 is 1. The maximum absolute atomic E-state index is 12.4. The first-order chi connectivity index (χ1) is 13.2. The van der Waals surface area contributed by atoms with Crippen LogP contribution in [0.1, 0.15) is 36.7 Å². The second-order valence-corrected chi connectivity index (χ2v) is 6.50. The number of nitro benzene ring substituents is 1. The van der Waals surface area contributed by atoms with E-state index in [-0.39, 0.29) is 16.8 Å². The zero-order valence-electron chi connectivity index (χ0n) is 15.9. The van der Waals surface area contributed by atoms with Gasteiger partial charge in [0.15, 0.2) is 11.5 Å². The Bertz CT molecular complexity index is 928. The zero-order valence-corrected chi connectivity index (χ0v) is 16.6. The van der Waals surface area contributed by atoms with Crippen molar-refractivity contribution in [2.75, 3.05) is 7.11 Å². The van der Waals surface area contributed by atoms with Crippen molar-refractivity contribution in [1.29, 1.82) is 0 Å². The molecule has 28 heavy (non-hydrogen) atoms. The smallest absolute Gasteiger partial charge is 0.288 e. The van der Waals surface area contributed by atoms with E-state index in [9.17, 15) is 14.9 Å². The summed E-state index contributed by atoms with van der Waals surface area (Å²) in [6.07, 6.45) is -0.0377. The average Bonchev–Trinajstić information content (AvgIpc) is 2.65. The molecule has 0 aliphatic heterocycles. The van der Waals surface area contributed by atoms with Crippen molar-refractivity contribution in [3.63, 3.8) is 0 Å². The van der Waals surface area contributed by atoms with E-state index >= 15 is 0 Å². The number of nitro groups is 1. The number of amides is 1. The summed E-state index contributed by atoms with van der Waals surface area (Å²) in [5, 5.41) is 15.0. The molecular weight excluding hydrogens is 386 g/mol. The SMILES string of the molecule is COc1cc(C(=O)N/N=C(\C)c2ccc(Cl)c([N+](=O)[O-])c2)ccc1OC(C)C. The van der Waals surface area contributed by atoms with Gasteiger partial charge in [0.05, 0.1) is 23.8 Å². The summed E-state index contributed by atoms with van der Waals surface area (Å²) in [6, 6.07) is 9.08. The van der Waals surface area contributed by atoms with Gasteiger partial charge in [-0.15, -0.1) is 0 Å². The third-order valence-electron chi connectivity index (χ3n) is 3.67. The quantitative estimate of drug-likeness (QED) is 0.422. The molecule has 2 aromatic carbocycles. The summed E-state index contributed by atoms with van der Waals surface area (Å²) in [4.78, 5) is 22.8. The van der Waals surface area contributed by atoms with E-state index in [1.54, 1.807) is 31.2 Å². The molecule has 0 atom stereocenters. The summed E-state index contributed by atoms with van der Waals surface area (Å²) < 4.78 is 10.9. The molecule has 0 saturated heterocycles. The first kappa shape index (κ1) is 21.2. The van der Waals surface area contributed by atoms with Crippen LogP contribution in [-0.4, -0.2) is 29.8 Å². The molecule has 0 spiro atoms. The summed E-state index contributed by atoms with van der Waals surface area (Å²) >= 11 is 5.80. The largest absolute Gasteiger partial charge is 0.493 e. The van der Waals surface area contributed by atoms with Gasteiger partial charge in [-0.2, -0.15) is 5.10 Å². The Morgan fingerprint density at radius 2 is 1.86 bits per heavy atom. The molecule has 2 rings (SSSR count).